The molecule has 1 aliphatic carbocycles. The zero-order valence-corrected chi connectivity index (χ0v) is 17.0. The summed E-state index contributed by atoms with van der Waals surface area (Å²) in [4.78, 5) is 25.1. The lowest BCUT2D eigenvalue weighted by Gasteiger charge is -2.26. The minimum atomic E-state index is -0.201. The molecule has 27 heavy (non-hydrogen) atoms. The first kappa shape index (κ1) is 21.4. The molecular formula is C20H26ClN3O2S. The van der Waals surface area contributed by atoms with Crippen molar-refractivity contribution in [1.29, 1.82) is 0 Å². The maximum Gasteiger partial charge on any atom is 0.256 e. The molecule has 4 N–H and O–H groups in total. The number of amides is 2. The van der Waals surface area contributed by atoms with Gasteiger partial charge in [0.2, 0.25) is 0 Å². The molecular weight excluding hydrogens is 382 g/mol. The molecule has 2 aromatic rings. The van der Waals surface area contributed by atoms with E-state index in [9.17, 15) is 9.59 Å². The molecule has 3 rings (SSSR count). The van der Waals surface area contributed by atoms with Crippen LogP contribution < -0.4 is 16.4 Å². The van der Waals surface area contributed by atoms with Crippen LogP contribution in [0.5, 0.6) is 0 Å². The molecule has 146 valence electrons. The Hall–Kier alpha value is -1.89. The van der Waals surface area contributed by atoms with E-state index in [1.807, 2.05) is 29.6 Å². The Labute approximate surface area is 170 Å². The Morgan fingerprint density at radius 2 is 1.74 bits per heavy atom. The van der Waals surface area contributed by atoms with Crippen LogP contribution in [-0.4, -0.2) is 23.9 Å². The molecule has 5 nitrogen and oxygen atoms in total. The summed E-state index contributed by atoms with van der Waals surface area (Å²) in [6.45, 7) is 2.08. The van der Waals surface area contributed by atoms with Crippen molar-refractivity contribution in [3.05, 3.63) is 52.4 Å². The molecule has 0 unspecified atom stereocenters. The monoisotopic (exact) mass is 407 g/mol. The topological polar surface area (TPSA) is 84.2 Å². The predicted molar refractivity (Wildman–Crippen MR) is 113 cm³/mol. The lowest BCUT2D eigenvalue weighted by Crippen LogP contribution is -2.40. The van der Waals surface area contributed by atoms with Crippen molar-refractivity contribution in [2.75, 3.05) is 5.32 Å². The van der Waals surface area contributed by atoms with Gasteiger partial charge in [0.05, 0.1) is 5.56 Å². The van der Waals surface area contributed by atoms with E-state index in [0.29, 0.717) is 16.1 Å². The van der Waals surface area contributed by atoms with Gasteiger partial charge in [0, 0.05) is 17.6 Å². The highest BCUT2D eigenvalue weighted by molar-refractivity contribution is 7.14. The number of anilines is 1. The van der Waals surface area contributed by atoms with Crippen LogP contribution in [0.1, 0.15) is 58.9 Å². The van der Waals surface area contributed by atoms with Crippen LogP contribution in [0, 0.1) is 0 Å². The molecule has 1 fully saturated rings. The summed E-state index contributed by atoms with van der Waals surface area (Å²) in [6, 6.07) is 9.69. The molecule has 1 aromatic heterocycles. The van der Waals surface area contributed by atoms with Crippen LogP contribution in [0.25, 0.3) is 0 Å². The third kappa shape index (κ3) is 5.54. The number of hydrogen-bond donors (Lipinski definition) is 3. The molecule has 0 bridgehead atoms. The van der Waals surface area contributed by atoms with Crippen molar-refractivity contribution in [2.45, 2.75) is 51.1 Å². The van der Waals surface area contributed by atoms with Gasteiger partial charge in [-0.3, -0.25) is 9.59 Å². The van der Waals surface area contributed by atoms with Crippen molar-refractivity contribution in [1.82, 2.24) is 5.32 Å². The van der Waals surface area contributed by atoms with Crippen LogP contribution in [0.15, 0.2) is 35.7 Å². The van der Waals surface area contributed by atoms with Crippen LogP contribution in [0.2, 0.25) is 0 Å². The Morgan fingerprint density at radius 3 is 2.37 bits per heavy atom. The summed E-state index contributed by atoms with van der Waals surface area (Å²) >= 11 is 1.36. The van der Waals surface area contributed by atoms with E-state index in [2.05, 4.69) is 17.6 Å². The van der Waals surface area contributed by atoms with E-state index in [-0.39, 0.29) is 36.3 Å². The lowest BCUT2D eigenvalue weighted by molar-refractivity contribution is 0.0927. The first-order chi connectivity index (χ1) is 12.6. The highest BCUT2D eigenvalue weighted by atomic mass is 35.5. The Bertz CT molecular complexity index is 768. The zero-order valence-electron chi connectivity index (χ0n) is 15.4. The van der Waals surface area contributed by atoms with E-state index in [1.54, 1.807) is 6.07 Å². The highest BCUT2D eigenvalue weighted by Gasteiger charge is 2.22. The molecule has 0 spiro atoms. The van der Waals surface area contributed by atoms with Crippen molar-refractivity contribution in [2.24, 2.45) is 5.73 Å². The van der Waals surface area contributed by atoms with Crippen LogP contribution >= 0.6 is 23.7 Å². The third-order valence-corrected chi connectivity index (χ3v) is 5.70. The summed E-state index contributed by atoms with van der Waals surface area (Å²) < 4.78 is 0. The molecule has 0 atom stereocenters. The summed E-state index contributed by atoms with van der Waals surface area (Å²) in [5.74, 6) is -0.337. The molecule has 0 saturated heterocycles. The first-order valence-electron chi connectivity index (χ1n) is 9.11. The Balaban J connectivity index is 0.00000261. The minimum Gasteiger partial charge on any atom is -0.349 e. The molecule has 1 aliphatic rings. The normalized spacial score (nSPS) is 19.0. The van der Waals surface area contributed by atoms with Gasteiger partial charge in [-0.2, -0.15) is 0 Å². The van der Waals surface area contributed by atoms with E-state index in [1.165, 1.54) is 16.9 Å². The van der Waals surface area contributed by atoms with Gasteiger partial charge in [0.1, 0.15) is 5.00 Å². The summed E-state index contributed by atoms with van der Waals surface area (Å²) in [7, 11) is 0. The van der Waals surface area contributed by atoms with Crippen molar-refractivity contribution >= 4 is 40.6 Å². The van der Waals surface area contributed by atoms with E-state index in [4.69, 9.17) is 5.73 Å². The number of thiophene rings is 1. The quantitative estimate of drug-likeness (QED) is 0.700. The molecule has 1 heterocycles. The fourth-order valence-corrected chi connectivity index (χ4v) is 3.96. The number of nitrogens with one attached hydrogen (secondary N) is 2. The Morgan fingerprint density at radius 1 is 1.07 bits per heavy atom. The van der Waals surface area contributed by atoms with Gasteiger partial charge in [-0.1, -0.05) is 19.1 Å². The molecule has 1 saturated carbocycles. The molecule has 7 heteroatoms. The number of halogens is 1. The van der Waals surface area contributed by atoms with Gasteiger partial charge in [-0.15, -0.1) is 23.7 Å². The Kier molecular flexibility index (Phi) is 7.83. The summed E-state index contributed by atoms with van der Waals surface area (Å²) in [5, 5.41) is 8.34. The molecule has 1 aromatic carbocycles. The maximum absolute atomic E-state index is 12.6. The second-order valence-electron chi connectivity index (χ2n) is 6.75. The fourth-order valence-electron chi connectivity index (χ4n) is 3.18. The third-order valence-electron chi connectivity index (χ3n) is 4.87. The fraction of sp³-hybridized carbons (Fsp3) is 0.400. The number of carbonyl (C=O) groups excluding carboxylic acids is 2. The van der Waals surface area contributed by atoms with Crippen molar-refractivity contribution in [3.63, 3.8) is 0 Å². The standard InChI is InChI=1S/C20H25N3O2S.ClH/c1-2-13-3-5-14(6-4-13)18(24)23-20-17(11-12-26-20)19(25)22-16-9-7-15(21)8-10-16;/h3-6,11-12,15-16H,2,7-10,21H2,1H3,(H,22,25)(H,23,24);1H. The number of nitrogens with two attached hydrogens (primary N) is 1. The van der Waals surface area contributed by atoms with Gasteiger partial charge in [-0.25, -0.2) is 0 Å². The van der Waals surface area contributed by atoms with Gasteiger partial charge in [-0.05, 0) is 61.2 Å². The second kappa shape index (κ2) is 9.88. The van der Waals surface area contributed by atoms with Gasteiger partial charge < -0.3 is 16.4 Å². The van der Waals surface area contributed by atoms with Crippen molar-refractivity contribution in [3.8, 4) is 0 Å². The van der Waals surface area contributed by atoms with Gasteiger partial charge in [0.25, 0.3) is 11.8 Å². The second-order valence-corrected chi connectivity index (χ2v) is 7.67. The number of carbonyl (C=O) groups is 2. The average molecular weight is 408 g/mol. The highest BCUT2D eigenvalue weighted by Crippen LogP contribution is 2.25. The number of rotatable bonds is 5. The number of aryl methyl sites for hydroxylation is 1. The van der Waals surface area contributed by atoms with Crippen LogP contribution in [0.4, 0.5) is 5.00 Å². The van der Waals surface area contributed by atoms with Crippen molar-refractivity contribution < 1.29 is 9.59 Å². The largest absolute Gasteiger partial charge is 0.349 e. The van der Waals surface area contributed by atoms with E-state index >= 15 is 0 Å². The van der Waals surface area contributed by atoms with Crippen LogP contribution in [-0.2, 0) is 6.42 Å². The molecule has 2 amide bonds. The predicted octanol–water partition coefficient (Wildman–Crippen LogP) is 3.98. The number of benzene rings is 1. The first-order valence-corrected chi connectivity index (χ1v) is 9.99. The lowest BCUT2D eigenvalue weighted by atomic mass is 9.92. The smallest absolute Gasteiger partial charge is 0.256 e. The van der Waals surface area contributed by atoms with Crippen LogP contribution in [0.3, 0.4) is 0 Å². The average Bonchev–Trinajstić information content (AvgIpc) is 3.12. The zero-order chi connectivity index (χ0) is 18.5. The molecule has 0 radical (unpaired) electrons. The SMILES string of the molecule is CCc1ccc(C(=O)Nc2sccc2C(=O)NC2CCC(N)CC2)cc1.Cl. The minimum absolute atomic E-state index is 0. The molecule has 0 aliphatic heterocycles. The maximum atomic E-state index is 12.6. The van der Waals surface area contributed by atoms with E-state index in [0.717, 1.165) is 32.1 Å². The number of hydrogen-bond acceptors (Lipinski definition) is 4. The summed E-state index contributed by atoms with van der Waals surface area (Å²) in [6.07, 6.45) is 4.62. The summed E-state index contributed by atoms with van der Waals surface area (Å²) in [5.41, 5.74) is 8.20. The van der Waals surface area contributed by atoms with Gasteiger partial charge >= 0.3 is 0 Å². The van der Waals surface area contributed by atoms with Gasteiger partial charge in [0.15, 0.2) is 0 Å². The van der Waals surface area contributed by atoms with E-state index < -0.39 is 0 Å².